The summed E-state index contributed by atoms with van der Waals surface area (Å²) in [6, 6.07) is 15.5. The third-order valence-corrected chi connectivity index (χ3v) is 6.17. The van der Waals surface area contributed by atoms with Crippen LogP contribution in [0.15, 0.2) is 60.7 Å². The van der Waals surface area contributed by atoms with Gasteiger partial charge in [0.1, 0.15) is 25.0 Å². The molecule has 3 atom stereocenters. The summed E-state index contributed by atoms with van der Waals surface area (Å²) in [6.45, 7) is 2.83. The summed E-state index contributed by atoms with van der Waals surface area (Å²) in [7, 11) is 0. The minimum Gasteiger partial charge on any atom is -0.481 e. The summed E-state index contributed by atoms with van der Waals surface area (Å²) >= 11 is 0. The number of alkyl carbamates (subject to hydrolysis) is 1. The highest BCUT2D eigenvalue weighted by atomic mass is 16.5. The lowest BCUT2D eigenvalue weighted by atomic mass is 10.1. The SMILES string of the molecule is C[C@H](C(=O)N[C@H](C=O)CC(=O)O)N1CCN(Cc2ccccc2)C[C@H](NC(=O)OCc2ccccc2)C1=O. The van der Waals surface area contributed by atoms with Crippen molar-refractivity contribution in [3.8, 4) is 0 Å². The number of ether oxygens (including phenoxy) is 1. The molecule has 1 aliphatic rings. The number of benzene rings is 2. The summed E-state index contributed by atoms with van der Waals surface area (Å²) in [5.74, 6) is -2.39. The topological polar surface area (TPSA) is 145 Å². The zero-order valence-corrected chi connectivity index (χ0v) is 21.1. The molecule has 202 valence electrons. The predicted molar refractivity (Wildman–Crippen MR) is 137 cm³/mol. The highest BCUT2D eigenvalue weighted by Crippen LogP contribution is 2.14. The number of aldehydes is 1. The van der Waals surface area contributed by atoms with Crippen molar-refractivity contribution in [1.82, 2.24) is 20.4 Å². The molecule has 11 nitrogen and oxygen atoms in total. The van der Waals surface area contributed by atoms with E-state index in [1.54, 1.807) is 0 Å². The van der Waals surface area contributed by atoms with Crippen molar-refractivity contribution in [2.75, 3.05) is 19.6 Å². The van der Waals surface area contributed by atoms with Crippen molar-refractivity contribution >= 4 is 30.2 Å². The van der Waals surface area contributed by atoms with Crippen LogP contribution in [0.1, 0.15) is 24.5 Å². The van der Waals surface area contributed by atoms with Gasteiger partial charge in [-0.1, -0.05) is 60.7 Å². The van der Waals surface area contributed by atoms with Gasteiger partial charge in [-0.3, -0.25) is 19.3 Å². The zero-order valence-electron chi connectivity index (χ0n) is 21.1. The van der Waals surface area contributed by atoms with Crippen LogP contribution >= 0.6 is 0 Å². The van der Waals surface area contributed by atoms with E-state index < -0.39 is 48.4 Å². The maximum absolute atomic E-state index is 13.5. The molecular weight excluding hydrogens is 492 g/mol. The van der Waals surface area contributed by atoms with Gasteiger partial charge in [-0.25, -0.2) is 4.79 Å². The first-order valence-electron chi connectivity index (χ1n) is 12.3. The monoisotopic (exact) mass is 524 g/mol. The van der Waals surface area contributed by atoms with Gasteiger partial charge in [0, 0.05) is 26.2 Å². The second-order valence-corrected chi connectivity index (χ2v) is 9.04. The van der Waals surface area contributed by atoms with Gasteiger partial charge in [-0.2, -0.15) is 0 Å². The normalized spacial score (nSPS) is 17.6. The number of carboxylic acids is 1. The molecule has 0 saturated carbocycles. The molecule has 11 heteroatoms. The Labute approximate surface area is 220 Å². The van der Waals surface area contributed by atoms with Gasteiger partial charge < -0.3 is 30.2 Å². The molecule has 0 radical (unpaired) electrons. The number of aliphatic carboxylic acids is 1. The van der Waals surface area contributed by atoms with Crippen LogP contribution < -0.4 is 10.6 Å². The molecule has 0 unspecified atom stereocenters. The lowest BCUT2D eigenvalue weighted by Crippen LogP contribution is -2.56. The van der Waals surface area contributed by atoms with Crippen LogP contribution in [0.25, 0.3) is 0 Å². The number of hydrogen-bond acceptors (Lipinski definition) is 7. The first-order valence-corrected chi connectivity index (χ1v) is 12.3. The Morgan fingerprint density at radius 3 is 2.29 bits per heavy atom. The molecule has 38 heavy (non-hydrogen) atoms. The van der Waals surface area contributed by atoms with Gasteiger partial charge in [0.25, 0.3) is 0 Å². The highest BCUT2D eigenvalue weighted by molar-refractivity contribution is 5.92. The van der Waals surface area contributed by atoms with Crippen molar-refractivity contribution < 1.29 is 33.8 Å². The van der Waals surface area contributed by atoms with E-state index in [0.29, 0.717) is 19.4 Å². The Bertz CT molecular complexity index is 1110. The summed E-state index contributed by atoms with van der Waals surface area (Å²) in [4.78, 5) is 64.5. The van der Waals surface area contributed by atoms with Crippen molar-refractivity contribution in [3.05, 3.63) is 71.8 Å². The number of hydrogen-bond donors (Lipinski definition) is 3. The smallest absolute Gasteiger partial charge is 0.408 e. The minimum atomic E-state index is -1.24. The van der Waals surface area contributed by atoms with Crippen LogP contribution in [0.5, 0.6) is 0 Å². The standard InChI is InChI=1S/C27H32N4O7/c1-19(25(35)28-22(17-32)14-24(33)34)31-13-12-30(15-20-8-4-2-5-9-20)16-23(26(31)36)29-27(37)38-18-21-10-6-3-7-11-21/h2-11,17,19,22-23H,12-16,18H2,1H3,(H,28,35)(H,29,37)(H,33,34)/t19-,22+,23+/m1/s1. The van der Waals surface area contributed by atoms with Crippen molar-refractivity contribution in [2.45, 2.75) is 44.6 Å². The molecule has 2 aromatic carbocycles. The van der Waals surface area contributed by atoms with E-state index >= 15 is 0 Å². The maximum atomic E-state index is 13.5. The molecular formula is C27H32N4O7. The Balaban J connectivity index is 1.73. The predicted octanol–water partition coefficient (Wildman–Crippen LogP) is 1.17. The molecule has 3 rings (SSSR count). The third kappa shape index (κ3) is 8.41. The van der Waals surface area contributed by atoms with E-state index in [-0.39, 0.29) is 19.7 Å². The van der Waals surface area contributed by atoms with E-state index in [1.807, 2.05) is 65.6 Å². The van der Waals surface area contributed by atoms with Gasteiger partial charge in [0.2, 0.25) is 11.8 Å². The third-order valence-electron chi connectivity index (χ3n) is 6.17. The average Bonchev–Trinajstić information content (AvgIpc) is 3.05. The lowest BCUT2D eigenvalue weighted by Gasteiger charge is -2.29. The van der Waals surface area contributed by atoms with E-state index in [4.69, 9.17) is 9.84 Å². The molecule has 0 bridgehead atoms. The molecule has 3 amide bonds. The Morgan fingerprint density at radius 1 is 1.05 bits per heavy atom. The molecule has 1 aliphatic heterocycles. The second kappa shape index (κ2) is 13.9. The van der Waals surface area contributed by atoms with E-state index in [9.17, 15) is 24.0 Å². The number of rotatable bonds is 11. The summed E-state index contributed by atoms with van der Waals surface area (Å²) < 4.78 is 5.31. The molecule has 0 aliphatic carbocycles. The lowest BCUT2D eigenvalue weighted by molar-refractivity contribution is -0.142. The average molecular weight is 525 g/mol. The minimum absolute atomic E-state index is 0.0283. The Kier molecular flexibility index (Phi) is 10.4. The molecule has 2 aromatic rings. The number of nitrogens with zero attached hydrogens (tertiary/aromatic N) is 2. The molecule has 0 aromatic heterocycles. The highest BCUT2D eigenvalue weighted by Gasteiger charge is 2.36. The largest absolute Gasteiger partial charge is 0.481 e. The van der Waals surface area contributed by atoms with E-state index in [0.717, 1.165) is 11.1 Å². The molecule has 1 fully saturated rings. The van der Waals surface area contributed by atoms with E-state index in [1.165, 1.54) is 11.8 Å². The van der Waals surface area contributed by atoms with Gasteiger partial charge in [0.15, 0.2) is 0 Å². The summed E-state index contributed by atoms with van der Waals surface area (Å²) in [5, 5.41) is 14.0. The number of carbonyl (C=O) groups is 5. The fraction of sp³-hybridized carbons (Fsp3) is 0.370. The number of nitrogens with one attached hydrogen (secondary N) is 2. The summed E-state index contributed by atoms with van der Waals surface area (Å²) in [5.41, 5.74) is 1.81. The Hall–Kier alpha value is -4.25. The number of carbonyl (C=O) groups excluding carboxylic acids is 4. The first-order chi connectivity index (χ1) is 18.3. The maximum Gasteiger partial charge on any atom is 0.408 e. The fourth-order valence-electron chi connectivity index (χ4n) is 4.14. The summed E-state index contributed by atoms with van der Waals surface area (Å²) in [6.07, 6.45) is -0.996. The van der Waals surface area contributed by atoms with Crippen LogP contribution in [-0.2, 0) is 37.1 Å². The molecule has 3 N–H and O–H groups in total. The van der Waals surface area contributed by atoms with E-state index in [2.05, 4.69) is 10.6 Å². The van der Waals surface area contributed by atoms with Gasteiger partial charge >= 0.3 is 12.1 Å². The van der Waals surface area contributed by atoms with Crippen LogP contribution in [0, 0.1) is 0 Å². The number of carboxylic acid groups (broad SMARTS) is 1. The first kappa shape index (κ1) is 28.3. The van der Waals surface area contributed by atoms with Crippen LogP contribution in [-0.4, -0.2) is 82.8 Å². The number of amides is 3. The molecule has 1 heterocycles. The van der Waals surface area contributed by atoms with Gasteiger partial charge in [-0.05, 0) is 18.1 Å². The molecule has 1 saturated heterocycles. The van der Waals surface area contributed by atoms with Gasteiger partial charge in [0.05, 0.1) is 12.5 Å². The zero-order chi connectivity index (χ0) is 27.5. The van der Waals surface area contributed by atoms with Crippen LogP contribution in [0.2, 0.25) is 0 Å². The quantitative estimate of drug-likeness (QED) is 0.372. The molecule has 0 spiro atoms. The van der Waals surface area contributed by atoms with Crippen LogP contribution in [0.4, 0.5) is 4.79 Å². The van der Waals surface area contributed by atoms with Crippen molar-refractivity contribution in [2.24, 2.45) is 0 Å². The van der Waals surface area contributed by atoms with Crippen molar-refractivity contribution in [3.63, 3.8) is 0 Å². The Morgan fingerprint density at radius 2 is 1.68 bits per heavy atom. The second-order valence-electron chi connectivity index (χ2n) is 9.04. The van der Waals surface area contributed by atoms with Gasteiger partial charge in [-0.15, -0.1) is 0 Å². The van der Waals surface area contributed by atoms with Crippen molar-refractivity contribution in [1.29, 1.82) is 0 Å². The fourth-order valence-corrected chi connectivity index (χ4v) is 4.14. The van der Waals surface area contributed by atoms with Crippen LogP contribution in [0.3, 0.4) is 0 Å².